The molecule has 0 aliphatic rings. The fourth-order valence-corrected chi connectivity index (χ4v) is 2.05. The van der Waals surface area contributed by atoms with Crippen LogP contribution >= 0.6 is 0 Å². The number of fused-ring (bicyclic) bond motifs is 1. The number of hydrogen-bond donors (Lipinski definition) is 1. The van der Waals surface area contributed by atoms with Crippen LogP contribution in [0.3, 0.4) is 0 Å². The third-order valence-corrected chi connectivity index (χ3v) is 3.46. The maximum absolute atomic E-state index is 6.26. The van der Waals surface area contributed by atoms with Crippen molar-refractivity contribution in [1.29, 1.82) is 0 Å². The predicted octanol–water partition coefficient (Wildman–Crippen LogP) is 3.39. The summed E-state index contributed by atoms with van der Waals surface area (Å²) in [6.45, 7) is 8.20. The molecule has 1 unspecified atom stereocenters. The SMILES string of the molecule is CCNCC(C)(CC)Oc1cccc2ncccc12. The van der Waals surface area contributed by atoms with Crippen LogP contribution in [0.25, 0.3) is 10.9 Å². The van der Waals surface area contributed by atoms with E-state index in [1.165, 1.54) is 0 Å². The Morgan fingerprint density at radius 1 is 1.21 bits per heavy atom. The summed E-state index contributed by atoms with van der Waals surface area (Å²) in [5.74, 6) is 0.910. The second-order valence-electron chi connectivity index (χ2n) is 5.01. The summed E-state index contributed by atoms with van der Waals surface area (Å²) in [6, 6.07) is 10.0. The lowest BCUT2D eigenvalue weighted by Crippen LogP contribution is -2.42. The van der Waals surface area contributed by atoms with E-state index in [1.54, 1.807) is 0 Å². The summed E-state index contributed by atoms with van der Waals surface area (Å²) in [7, 11) is 0. The standard InChI is InChI=1S/C16H22N2O/c1-4-16(3,12-17-5-2)19-15-10-6-9-14-13(15)8-7-11-18-14/h6-11,17H,4-5,12H2,1-3H3. The molecule has 2 aromatic rings. The average Bonchev–Trinajstić information content (AvgIpc) is 2.46. The molecule has 0 radical (unpaired) electrons. The second-order valence-corrected chi connectivity index (χ2v) is 5.01. The molecule has 19 heavy (non-hydrogen) atoms. The molecule has 102 valence electrons. The van der Waals surface area contributed by atoms with Crippen molar-refractivity contribution >= 4 is 10.9 Å². The molecule has 0 fully saturated rings. The summed E-state index contributed by atoms with van der Waals surface area (Å²) in [6.07, 6.45) is 2.76. The van der Waals surface area contributed by atoms with Crippen molar-refractivity contribution in [3.8, 4) is 5.75 Å². The van der Waals surface area contributed by atoms with E-state index >= 15 is 0 Å². The van der Waals surface area contributed by atoms with E-state index in [0.717, 1.165) is 36.2 Å². The molecule has 0 saturated carbocycles. The minimum absolute atomic E-state index is 0.194. The first-order valence-electron chi connectivity index (χ1n) is 6.92. The molecule has 1 aromatic heterocycles. The van der Waals surface area contributed by atoms with E-state index in [0.29, 0.717) is 0 Å². The van der Waals surface area contributed by atoms with Gasteiger partial charge in [0.1, 0.15) is 11.4 Å². The van der Waals surface area contributed by atoms with E-state index in [1.807, 2.05) is 30.5 Å². The van der Waals surface area contributed by atoms with Crippen LogP contribution in [0.5, 0.6) is 5.75 Å². The summed E-state index contributed by atoms with van der Waals surface area (Å²) < 4.78 is 6.26. The van der Waals surface area contributed by atoms with Crippen molar-refractivity contribution in [3.05, 3.63) is 36.5 Å². The first kappa shape index (κ1) is 13.8. The minimum atomic E-state index is -0.194. The van der Waals surface area contributed by atoms with Crippen LogP contribution in [0.4, 0.5) is 0 Å². The monoisotopic (exact) mass is 258 g/mol. The largest absolute Gasteiger partial charge is 0.486 e. The number of ether oxygens (including phenoxy) is 1. The Morgan fingerprint density at radius 2 is 2.05 bits per heavy atom. The Hall–Kier alpha value is -1.61. The Balaban J connectivity index is 2.29. The number of likely N-dealkylation sites (N-methyl/N-ethyl adjacent to an activating group) is 1. The van der Waals surface area contributed by atoms with Crippen molar-refractivity contribution in [1.82, 2.24) is 10.3 Å². The zero-order valence-corrected chi connectivity index (χ0v) is 11.9. The maximum atomic E-state index is 6.26. The molecule has 0 bridgehead atoms. The Bertz CT molecular complexity index is 536. The van der Waals surface area contributed by atoms with Crippen LogP contribution in [0, 0.1) is 0 Å². The first-order valence-corrected chi connectivity index (χ1v) is 6.92. The number of rotatable bonds is 6. The Labute approximate surface area is 115 Å². The van der Waals surface area contributed by atoms with E-state index in [2.05, 4.69) is 37.1 Å². The molecule has 1 heterocycles. The van der Waals surface area contributed by atoms with Crippen LogP contribution in [-0.2, 0) is 0 Å². The third kappa shape index (κ3) is 3.24. The van der Waals surface area contributed by atoms with E-state index in [4.69, 9.17) is 4.74 Å². The highest BCUT2D eigenvalue weighted by molar-refractivity contribution is 5.84. The molecule has 0 saturated heterocycles. The molecule has 3 heteroatoms. The van der Waals surface area contributed by atoms with Crippen LogP contribution in [-0.4, -0.2) is 23.7 Å². The number of aromatic nitrogens is 1. The average molecular weight is 258 g/mol. The molecule has 0 aliphatic heterocycles. The van der Waals surface area contributed by atoms with Gasteiger partial charge in [-0.25, -0.2) is 0 Å². The lowest BCUT2D eigenvalue weighted by molar-refractivity contribution is 0.0860. The van der Waals surface area contributed by atoms with Crippen molar-refractivity contribution in [3.63, 3.8) is 0 Å². The summed E-state index contributed by atoms with van der Waals surface area (Å²) in [5, 5.41) is 4.44. The third-order valence-electron chi connectivity index (χ3n) is 3.46. The second kappa shape index (κ2) is 6.02. The van der Waals surface area contributed by atoms with Crippen molar-refractivity contribution in [2.75, 3.05) is 13.1 Å². The van der Waals surface area contributed by atoms with Crippen LogP contribution in [0.2, 0.25) is 0 Å². The molecule has 2 rings (SSSR count). The van der Waals surface area contributed by atoms with E-state index in [-0.39, 0.29) is 5.60 Å². The van der Waals surface area contributed by atoms with Gasteiger partial charge in [0.25, 0.3) is 0 Å². The zero-order valence-electron chi connectivity index (χ0n) is 11.9. The van der Waals surface area contributed by atoms with Gasteiger partial charge in [0.2, 0.25) is 0 Å². The summed E-state index contributed by atoms with van der Waals surface area (Å²) >= 11 is 0. The van der Waals surface area contributed by atoms with Crippen molar-refractivity contribution in [2.24, 2.45) is 0 Å². The number of nitrogens with one attached hydrogen (secondary N) is 1. The van der Waals surface area contributed by atoms with Gasteiger partial charge in [0.05, 0.1) is 5.52 Å². The van der Waals surface area contributed by atoms with Crippen molar-refractivity contribution in [2.45, 2.75) is 32.8 Å². The van der Waals surface area contributed by atoms with Gasteiger partial charge in [0.15, 0.2) is 0 Å². The smallest absolute Gasteiger partial charge is 0.129 e. The summed E-state index contributed by atoms with van der Waals surface area (Å²) in [5.41, 5.74) is 0.780. The zero-order chi connectivity index (χ0) is 13.7. The number of hydrogen-bond acceptors (Lipinski definition) is 3. The van der Waals surface area contributed by atoms with Crippen LogP contribution in [0.1, 0.15) is 27.2 Å². The molecular weight excluding hydrogens is 236 g/mol. The topological polar surface area (TPSA) is 34.1 Å². The highest BCUT2D eigenvalue weighted by atomic mass is 16.5. The molecule has 0 spiro atoms. The normalized spacial score (nSPS) is 14.3. The Morgan fingerprint density at radius 3 is 2.79 bits per heavy atom. The van der Waals surface area contributed by atoms with Crippen molar-refractivity contribution < 1.29 is 4.74 Å². The van der Waals surface area contributed by atoms with E-state index < -0.39 is 0 Å². The van der Waals surface area contributed by atoms with Gasteiger partial charge in [-0.1, -0.05) is 19.9 Å². The van der Waals surface area contributed by atoms with Gasteiger partial charge < -0.3 is 10.1 Å². The number of pyridine rings is 1. The fourth-order valence-electron chi connectivity index (χ4n) is 2.05. The predicted molar refractivity (Wildman–Crippen MR) is 79.6 cm³/mol. The van der Waals surface area contributed by atoms with Gasteiger partial charge in [-0.3, -0.25) is 4.98 Å². The quantitative estimate of drug-likeness (QED) is 0.862. The highest BCUT2D eigenvalue weighted by Crippen LogP contribution is 2.28. The van der Waals surface area contributed by atoms with Gasteiger partial charge in [-0.2, -0.15) is 0 Å². The highest BCUT2D eigenvalue weighted by Gasteiger charge is 2.24. The van der Waals surface area contributed by atoms with Crippen LogP contribution < -0.4 is 10.1 Å². The maximum Gasteiger partial charge on any atom is 0.129 e. The Kier molecular flexibility index (Phi) is 4.38. The lowest BCUT2D eigenvalue weighted by Gasteiger charge is -2.30. The van der Waals surface area contributed by atoms with Gasteiger partial charge in [-0.15, -0.1) is 0 Å². The lowest BCUT2D eigenvalue weighted by atomic mass is 10.0. The summed E-state index contributed by atoms with van der Waals surface area (Å²) in [4.78, 5) is 4.36. The number of nitrogens with zero attached hydrogens (tertiary/aromatic N) is 1. The molecule has 0 aliphatic carbocycles. The fraction of sp³-hybridized carbons (Fsp3) is 0.438. The minimum Gasteiger partial charge on any atom is -0.486 e. The molecule has 3 nitrogen and oxygen atoms in total. The van der Waals surface area contributed by atoms with Gasteiger partial charge >= 0.3 is 0 Å². The van der Waals surface area contributed by atoms with E-state index in [9.17, 15) is 0 Å². The van der Waals surface area contributed by atoms with Crippen LogP contribution in [0.15, 0.2) is 36.5 Å². The molecular formula is C16H22N2O. The van der Waals surface area contributed by atoms with Gasteiger partial charge in [-0.05, 0) is 44.2 Å². The van der Waals surface area contributed by atoms with Gasteiger partial charge in [0, 0.05) is 18.1 Å². The molecule has 0 amide bonds. The molecule has 1 aromatic carbocycles. The molecule has 1 atom stereocenters. The number of benzene rings is 1. The molecule has 1 N–H and O–H groups in total. The first-order chi connectivity index (χ1) is 9.18.